The van der Waals surface area contributed by atoms with E-state index in [-0.39, 0.29) is 84.3 Å². The van der Waals surface area contributed by atoms with E-state index in [9.17, 15) is 68.7 Å². The number of benzene rings is 3. The lowest BCUT2D eigenvalue weighted by Gasteiger charge is -2.43. The van der Waals surface area contributed by atoms with Gasteiger partial charge in [-0.3, -0.25) is 43.2 Å². The highest BCUT2D eigenvalue weighted by Gasteiger charge is 2.51. The number of carbonyl (C=O) groups is 9. The van der Waals surface area contributed by atoms with Gasteiger partial charge in [0.1, 0.15) is 41.6 Å². The second-order valence-corrected chi connectivity index (χ2v) is 20.9. The SMILES string of the molecule is COc1cccc2c1C(=O)c1c(O)c3c(c(O)c1C2=O)C[C@@](O)(C(=O)CO)C[C@@H]3OC1CC(NC(=O)[C@@H]2CCCN2C(=O)CNC(=O)[C@H](C)CC(=O)[C@H](CC(C)C)N(C)C(=O)Cc2ccc(CC(=O)O)cc2)C(O)C(C)O1. The molecule has 0 spiro atoms. The molecule has 4 unspecified atom stereocenters. The number of nitrogens with one attached hydrogen (secondary N) is 2. The van der Waals surface area contributed by atoms with Crippen LogP contribution in [0.15, 0.2) is 42.5 Å². The Morgan fingerprint density at radius 3 is 2.23 bits per heavy atom. The minimum Gasteiger partial charge on any atom is -0.507 e. The number of aromatic hydroxyl groups is 2. The van der Waals surface area contributed by atoms with E-state index in [1.807, 2.05) is 13.8 Å². The van der Waals surface area contributed by atoms with Crippen molar-refractivity contribution in [2.75, 3.05) is 33.9 Å². The molecule has 0 radical (unpaired) electrons. The number of nitrogens with zero attached hydrogens (tertiary/aromatic N) is 2. The van der Waals surface area contributed by atoms with Gasteiger partial charge in [0.25, 0.3) is 0 Å². The minimum atomic E-state index is -2.42. The number of Topliss-reactive ketones (excluding diaryl/α,β-unsaturated/α-hetero) is 2. The maximum atomic E-state index is 14.1. The third kappa shape index (κ3) is 12.1. The first-order valence-corrected chi connectivity index (χ1v) is 25.6. The molecular weight excluding hydrogens is 1000 g/mol. The van der Waals surface area contributed by atoms with Crippen molar-refractivity contribution in [2.24, 2.45) is 11.8 Å². The van der Waals surface area contributed by atoms with Crippen molar-refractivity contribution in [3.05, 3.63) is 87.0 Å². The third-order valence-corrected chi connectivity index (χ3v) is 15.0. The number of carboxylic acid groups (broad SMARTS) is 1. The van der Waals surface area contributed by atoms with Crippen molar-refractivity contribution in [1.29, 1.82) is 0 Å². The number of hydrogen-bond acceptors (Lipinski definition) is 17. The van der Waals surface area contributed by atoms with E-state index < -0.39 is 144 Å². The number of carbonyl (C=O) groups excluding carboxylic acids is 8. The van der Waals surface area contributed by atoms with E-state index in [2.05, 4.69) is 10.6 Å². The predicted molar refractivity (Wildman–Crippen MR) is 270 cm³/mol. The van der Waals surface area contributed by atoms with E-state index >= 15 is 0 Å². The predicted octanol–water partition coefficient (Wildman–Crippen LogP) is 1.60. The summed E-state index contributed by atoms with van der Waals surface area (Å²) in [6, 6.07) is 7.83. The number of aliphatic carboxylic acids is 1. The number of amides is 4. The monoisotopic (exact) mass is 1070 g/mol. The molecule has 22 heteroatoms. The average Bonchev–Trinajstić information content (AvgIpc) is 3.95. The number of aliphatic hydroxyl groups excluding tert-OH is 2. The Morgan fingerprint density at radius 2 is 1.60 bits per heavy atom. The highest BCUT2D eigenvalue weighted by molar-refractivity contribution is 6.31. The lowest BCUT2D eigenvalue weighted by Crippen LogP contribution is -2.59. The largest absolute Gasteiger partial charge is 0.507 e. The smallest absolute Gasteiger partial charge is 0.307 e. The summed E-state index contributed by atoms with van der Waals surface area (Å²) in [5, 5.41) is 70.9. The van der Waals surface area contributed by atoms with Crippen LogP contribution in [-0.2, 0) is 62.3 Å². The molecule has 22 nitrogen and oxygen atoms in total. The minimum absolute atomic E-state index is 0.00947. The molecule has 2 heterocycles. The Balaban J connectivity index is 0.994. The summed E-state index contributed by atoms with van der Waals surface area (Å²) in [5.41, 5.74) is -3.22. The number of methoxy groups -OCH3 is 1. The van der Waals surface area contributed by atoms with E-state index in [0.717, 1.165) is 0 Å². The van der Waals surface area contributed by atoms with Crippen molar-refractivity contribution in [3.8, 4) is 17.2 Å². The fourth-order valence-electron chi connectivity index (χ4n) is 10.8. The highest BCUT2D eigenvalue weighted by atomic mass is 16.7. The van der Waals surface area contributed by atoms with Crippen LogP contribution in [-0.4, -0.2) is 169 Å². The zero-order valence-corrected chi connectivity index (χ0v) is 43.7. The molecule has 9 atom stereocenters. The first-order chi connectivity index (χ1) is 36.4. The number of fused-ring (bicyclic) bond motifs is 3. The molecule has 4 amide bonds. The number of likely N-dealkylation sites (N-methyl/N-ethyl adjacent to an activating group) is 1. The van der Waals surface area contributed by atoms with Crippen molar-refractivity contribution < 1.29 is 88.0 Å². The lowest BCUT2D eigenvalue weighted by atomic mass is 9.72. The van der Waals surface area contributed by atoms with Crippen molar-refractivity contribution >= 4 is 52.7 Å². The maximum Gasteiger partial charge on any atom is 0.307 e. The van der Waals surface area contributed by atoms with Gasteiger partial charge in [-0.25, -0.2) is 0 Å². The van der Waals surface area contributed by atoms with Crippen molar-refractivity contribution in [1.82, 2.24) is 20.4 Å². The molecule has 0 saturated carbocycles. The van der Waals surface area contributed by atoms with Crippen LogP contribution in [0.3, 0.4) is 0 Å². The van der Waals surface area contributed by atoms with Crippen LogP contribution in [0.2, 0.25) is 0 Å². The number of hydrogen-bond donors (Lipinski definition) is 8. The van der Waals surface area contributed by atoms with Gasteiger partial charge in [-0.1, -0.05) is 57.2 Å². The molecule has 0 bridgehead atoms. The summed E-state index contributed by atoms with van der Waals surface area (Å²) in [7, 11) is 2.81. The second-order valence-electron chi connectivity index (χ2n) is 20.9. The third-order valence-electron chi connectivity index (χ3n) is 15.0. The fourth-order valence-corrected chi connectivity index (χ4v) is 10.8. The summed E-state index contributed by atoms with van der Waals surface area (Å²) in [5.74, 6) is -8.79. The van der Waals surface area contributed by atoms with Gasteiger partial charge in [0, 0.05) is 61.9 Å². The molecule has 2 saturated heterocycles. The van der Waals surface area contributed by atoms with E-state index in [1.165, 1.54) is 56.0 Å². The van der Waals surface area contributed by atoms with Gasteiger partial charge in [0.15, 0.2) is 23.6 Å². The Labute approximate surface area is 443 Å². The maximum absolute atomic E-state index is 14.1. The summed E-state index contributed by atoms with van der Waals surface area (Å²) in [6.07, 6.45) is -6.41. The van der Waals surface area contributed by atoms with Gasteiger partial charge in [-0.05, 0) is 49.3 Å². The summed E-state index contributed by atoms with van der Waals surface area (Å²) in [6.45, 7) is 5.32. The Kier molecular flexibility index (Phi) is 17.7. The molecule has 4 aliphatic rings. The second kappa shape index (κ2) is 23.6. The topological polar surface area (TPSA) is 333 Å². The van der Waals surface area contributed by atoms with Crippen LogP contribution in [0.1, 0.15) is 126 Å². The van der Waals surface area contributed by atoms with Crippen LogP contribution < -0.4 is 15.4 Å². The quantitative estimate of drug-likeness (QED) is 0.0583. The Hall–Kier alpha value is -7.11. The molecule has 2 aliphatic carbocycles. The highest BCUT2D eigenvalue weighted by Crippen LogP contribution is 2.52. The summed E-state index contributed by atoms with van der Waals surface area (Å²) < 4.78 is 17.6. The van der Waals surface area contributed by atoms with Gasteiger partial charge in [0.2, 0.25) is 29.4 Å². The van der Waals surface area contributed by atoms with E-state index in [1.54, 1.807) is 24.3 Å². The average molecular weight is 1070 g/mol. The Morgan fingerprint density at radius 1 is 0.935 bits per heavy atom. The lowest BCUT2D eigenvalue weighted by molar-refractivity contribution is -0.249. The number of aliphatic hydroxyl groups is 3. The number of rotatable bonds is 20. The van der Waals surface area contributed by atoms with Crippen LogP contribution >= 0.6 is 0 Å². The number of carboxylic acids is 1. The molecule has 2 fully saturated rings. The zero-order valence-electron chi connectivity index (χ0n) is 43.7. The number of phenols is 2. The van der Waals surface area contributed by atoms with Crippen LogP contribution in [0, 0.1) is 11.8 Å². The number of ketones is 4. The fraction of sp³-hybridized carbons (Fsp3) is 0.509. The number of phenolic OH excluding ortho intramolecular Hbond substituents is 2. The molecule has 0 aromatic heterocycles. The van der Waals surface area contributed by atoms with Crippen LogP contribution in [0.25, 0.3) is 0 Å². The van der Waals surface area contributed by atoms with E-state index in [4.69, 9.17) is 19.3 Å². The molecule has 3 aromatic carbocycles. The normalized spacial score (nSPS) is 23.5. The Bertz CT molecular complexity index is 2850. The summed E-state index contributed by atoms with van der Waals surface area (Å²) in [4.78, 5) is 123. The number of ether oxygens (including phenoxy) is 3. The van der Waals surface area contributed by atoms with Crippen molar-refractivity contribution in [3.63, 3.8) is 0 Å². The van der Waals surface area contributed by atoms with E-state index in [0.29, 0.717) is 24.0 Å². The van der Waals surface area contributed by atoms with Crippen LogP contribution in [0.5, 0.6) is 17.2 Å². The van der Waals surface area contributed by atoms with Crippen LogP contribution in [0.4, 0.5) is 0 Å². The molecule has 3 aromatic rings. The molecule has 7 rings (SSSR count). The van der Waals surface area contributed by atoms with Crippen molar-refractivity contribution in [2.45, 2.75) is 134 Å². The molecule has 77 heavy (non-hydrogen) atoms. The van der Waals surface area contributed by atoms with Gasteiger partial charge in [-0.2, -0.15) is 0 Å². The molecule has 2 aliphatic heterocycles. The van der Waals surface area contributed by atoms with Gasteiger partial charge >= 0.3 is 5.97 Å². The zero-order chi connectivity index (χ0) is 56.4. The first kappa shape index (κ1) is 57.6. The number of likely N-dealkylation sites (tertiary alicyclic amines) is 1. The van der Waals surface area contributed by atoms with Gasteiger partial charge in [0.05, 0.1) is 67.5 Å². The summed E-state index contributed by atoms with van der Waals surface area (Å²) >= 11 is 0. The molecule has 8 N–H and O–H groups in total. The standard InChI is InChI=1S/C55H66N4O18/c1-26(2)17-35(58(5)40(63)19-29-12-14-30(15-13-29)20-42(65)66)36(61)18-27(3)53(72)56-24-41(64)59-16-8-10-34(59)54(73)57-33-21-43(76-28(4)48(33)67)77-38-23-55(74,39(62)25-60)22-32-45(38)52(71)47-46(50(32)69)49(68)31-9-7-11-37(75-6)44(31)51(47)70/h7,9,11-15,26-28,33-35,38,43,48,60,67,69,71,74H,8,10,16-25H2,1-6H3,(H,56,72)(H,57,73)(H,65,66)/t27-,28?,33?,34+,35+,38+,43?,48?,55+/m1/s1. The molecular formula is C55H66N4O18. The van der Waals surface area contributed by atoms with Gasteiger partial charge in [-0.15, -0.1) is 0 Å². The van der Waals surface area contributed by atoms with Gasteiger partial charge < -0.3 is 65.3 Å². The molecule has 414 valence electrons. The first-order valence-electron chi connectivity index (χ1n) is 25.6.